The Labute approximate surface area is 205 Å². The van der Waals surface area contributed by atoms with Gasteiger partial charge in [0.1, 0.15) is 23.4 Å². The maximum atomic E-state index is 13.2. The molecule has 12 heteroatoms. The van der Waals surface area contributed by atoms with Gasteiger partial charge < -0.3 is 24.8 Å². The van der Waals surface area contributed by atoms with Crippen LogP contribution >= 0.6 is 0 Å². The van der Waals surface area contributed by atoms with E-state index in [4.69, 9.17) is 9.47 Å². The van der Waals surface area contributed by atoms with Crippen LogP contribution in [0.15, 0.2) is 30.3 Å². The standard InChI is InChI=1S/C24H23N5O7/c1-35-14-3-2-12-9-28(21(32)15(12)7-14)11-24(22(33)26-23(34)27-24)18-8-16-17(36-18)4-5-19(25-16)29-10-13(30)6-20(29)31/h2-5,7,13,18,30H,6,8-11H2,1H3,(H2,26,27,33,34). The second-order valence-electron chi connectivity index (χ2n) is 9.35. The summed E-state index contributed by atoms with van der Waals surface area (Å²) in [7, 11) is 1.52. The van der Waals surface area contributed by atoms with E-state index in [9.17, 15) is 24.3 Å². The van der Waals surface area contributed by atoms with E-state index in [2.05, 4.69) is 15.6 Å². The van der Waals surface area contributed by atoms with E-state index in [1.807, 2.05) is 0 Å². The Hall–Kier alpha value is -4.19. The number of fused-ring (bicyclic) bond motifs is 2. The van der Waals surface area contributed by atoms with Crippen LogP contribution in [0.2, 0.25) is 0 Å². The van der Waals surface area contributed by atoms with Crippen molar-refractivity contribution in [3.63, 3.8) is 0 Å². The molecule has 0 aliphatic carbocycles. The number of aliphatic hydroxyl groups is 1. The molecule has 6 rings (SSSR count). The summed E-state index contributed by atoms with van der Waals surface area (Å²) < 4.78 is 11.3. The van der Waals surface area contributed by atoms with Crippen molar-refractivity contribution in [1.82, 2.24) is 20.5 Å². The van der Waals surface area contributed by atoms with E-state index < -0.39 is 29.7 Å². The van der Waals surface area contributed by atoms with Gasteiger partial charge in [0.2, 0.25) is 5.91 Å². The molecule has 186 valence electrons. The number of carbonyl (C=O) groups is 4. The number of urea groups is 1. The van der Waals surface area contributed by atoms with Crippen molar-refractivity contribution < 1.29 is 33.8 Å². The van der Waals surface area contributed by atoms with Gasteiger partial charge in [0.05, 0.1) is 38.4 Å². The molecule has 2 fully saturated rings. The van der Waals surface area contributed by atoms with Crippen LogP contribution in [0.4, 0.5) is 10.6 Å². The van der Waals surface area contributed by atoms with Crippen LogP contribution in [-0.4, -0.2) is 76.7 Å². The number of ether oxygens (including phenoxy) is 2. The van der Waals surface area contributed by atoms with Gasteiger partial charge in [-0.15, -0.1) is 0 Å². The van der Waals surface area contributed by atoms with Crippen LogP contribution in [0.25, 0.3) is 0 Å². The number of nitrogens with one attached hydrogen (secondary N) is 2. The van der Waals surface area contributed by atoms with E-state index in [1.165, 1.54) is 16.9 Å². The Morgan fingerprint density at radius 3 is 2.72 bits per heavy atom. The van der Waals surface area contributed by atoms with E-state index in [1.54, 1.807) is 30.3 Å². The van der Waals surface area contributed by atoms with Gasteiger partial charge in [0, 0.05) is 18.5 Å². The fourth-order valence-corrected chi connectivity index (χ4v) is 5.28. The van der Waals surface area contributed by atoms with Gasteiger partial charge >= 0.3 is 6.03 Å². The third-order valence-electron chi connectivity index (χ3n) is 7.10. The molecule has 0 bridgehead atoms. The zero-order valence-electron chi connectivity index (χ0n) is 19.3. The number of imide groups is 1. The number of aromatic nitrogens is 1. The maximum Gasteiger partial charge on any atom is 0.322 e. The monoisotopic (exact) mass is 493 g/mol. The molecule has 1 aromatic carbocycles. The summed E-state index contributed by atoms with van der Waals surface area (Å²) in [5.74, 6) is 0.251. The third-order valence-corrected chi connectivity index (χ3v) is 7.10. The molecule has 36 heavy (non-hydrogen) atoms. The lowest BCUT2D eigenvalue weighted by molar-refractivity contribution is -0.127. The van der Waals surface area contributed by atoms with Crippen LogP contribution in [0.3, 0.4) is 0 Å². The van der Waals surface area contributed by atoms with E-state index in [-0.39, 0.29) is 44.3 Å². The summed E-state index contributed by atoms with van der Waals surface area (Å²) in [5.41, 5.74) is 0.244. The number of carbonyl (C=O) groups excluding carboxylic acids is 4. The largest absolute Gasteiger partial charge is 0.497 e. The smallest absolute Gasteiger partial charge is 0.322 e. The molecule has 2 aromatic rings. The second kappa shape index (κ2) is 7.92. The number of aliphatic hydroxyl groups excluding tert-OH is 1. The zero-order chi connectivity index (χ0) is 25.2. The van der Waals surface area contributed by atoms with Crippen LogP contribution in [0.5, 0.6) is 11.5 Å². The van der Waals surface area contributed by atoms with E-state index in [0.29, 0.717) is 28.6 Å². The highest BCUT2D eigenvalue weighted by atomic mass is 16.5. The summed E-state index contributed by atoms with van der Waals surface area (Å²) in [5, 5.41) is 14.8. The predicted octanol–water partition coefficient (Wildman–Crippen LogP) is -0.274. The van der Waals surface area contributed by atoms with E-state index >= 15 is 0 Å². The Bertz CT molecular complexity index is 1330. The number of β-amino-alcohol motifs (C(OH)–C–C–N with tert-alkyl or cyclic N) is 1. The first kappa shape index (κ1) is 22.3. The molecule has 5 amide bonds. The molecule has 12 nitrogen and oxygen atoms in total. The maximum absolute atomic E-state index is 13.2. The number of hydrogen-bond donors (Lipinski definition) is 3. The Morgan fingerprint density at radius 1 is 1.19 bits per heavy atom. The van der Waals surface area contributed by atoms with Gasteiger partial charge in [0.25, 0.3) is 11.8 Å². The van der Waals surface area contributed by atoms with Crippen LogP contribution in [0, 0.1) is 0 Å². The molecule has 5 heterocycles. The first-order valence-electron chi connectivity index (χ1n) is 11.5. The van der Waals surface area contributed by atoms with Gasteiger partial charge in [-0.2, -0.15) is 0 Å². The summed E-state index contributed by atoms with van der Waals surface area (Å²) in [4.78, 5) is 58.2. The number of benzene rings is 1. The van der Waals surface area contributed by atoms with E-state index in [0.717, 1.165) is 5.56 Å². The van der Waals surface area contributed by atoms with Crippen LogP contribution < -0.4 is 25.0 Å². The molecule has 0 radical (unpaired) electrons. The molecule has 4 aliphatic heterocycles. The lowest BCUT2D eigenvalue weighted by Gasteiger charge is -2.34. The minimum Gasteiger partial charge on any atom is -0.497 e. The molecule has 3 N–H and O–H groups in total. The minimum absolute atomic E-state index is 0.0331. The first-order valence-corrected chi connectivity index (χ1v) is 11.5. The molecule has 0 spiro atoms. The number of pyridine rings is 1. The van der Waals surface area contributed by atoms with Crippen LogP contribution in [-0.2, 0) is 22.6 Å². The normalized spacial score (nSPS) is 26.6. The summed E-state index contributed by atoms with van der Waals surface area (Å²) >= 11 is 0. The topological polar surface area (TPSA) is 150 Å². The molecular weight excluding hydrogens is 470 g/mol. The summed E-state index contributed by atoms with van der Waals surface area (Å²) in [6.45, 7) is 0.312. The molecule has 0 saturated carbocycles. The van der Waals surface area contributed by atoms with Crippen molar-refractivity contribution in [1.29, 1.82) is 0 Å². The Morgan fingerprint density at radius 2 is 2.03 bits per heavy atom. The Kier molecular flexibility index (Phi) is 4.90. The number of methoxy groups -OCH3 is 1. The molecule has 1 aromatic heterocycles. The lowest BCUT2D eigenvalue weighted by atomic mass is 9.89. The van der Waals surface area contributed by atoms with Crippen molar-refractivity contribution in [3.8, 4) is 11.5 Å². The first-order chi connectivity index (χ1) is 17.3. The van der Waals surface area contributed by atoms with Crippen molar-refractivity contribution in [2.45, 2.75) is 37.1 Å². The number of hydrogen-bond acceptors (Lipinski definition) is 8. The Balaban J connectivity index is 1.28. The quantitative estimate of drug-likeness (QED) is 0.482. The molecular formula is C24H23N5O7. The van der Waals surface area contributed by atoms with Gasteiger partial charge in [-0.05, 0) is 29.8 Å². The number of anilines is 1. The SMILES string of the molecule is COc1ccc2c(c1)C(=O)N(CC1(C3Cc4nc(N5CC(O)CC5=O)ccc4O3)NC(=O)NC1=O)C2. The third kappa shape index (κ3) is 3.36. The number of rotatable bonds is 5. The molecule has 4 aliphatic rings. The van der Waals surface area contributed by atoms with Crippen molar-refractivity contribution in [3.05, 3.63) is 47.2 Å². The van der Waals surface area contributed by atoms with Gasteiger partial charge in [0.15, 0.2) is 5.54 Å². The van der Waals surface area contributed by atoms with Crippen molar-refractivity contribution in [2.24, 2.45) is 0 Å². The van der Waals surface area contributed by atoms with Gasteiger partial charge in [-0.3, -0.25) is 24.6 Å². The number of amides is 5. The molecule has 3 atom stereocenters. The highest BCUT2D eigenvalue weighted by molar-refractivity contribution is 6.08. The van der Waals surface area contributed by atoms with Gasteiger partial charge in [-0.1, -0.05) is 6.07 Å². The van der Waals surface area contributed by atoms with Gasteiger partial charge in [-0.25, -0.2) is 9.78 Å². The number of nitrogens with zero attached hydrogens (tertiary/aromatic N) is 3. The second-order valence-corrected chi connectivity index (χ2v) is 9.35. The molecule has 2 saturated heterocycles. The molecule has 3 unspecified atom stereocenters. The van der Waals surface area contributed by atoms with Crippen molar-refractivity contribution in [2.75, 3.05) is 25.1 Å². The highest BCUT2D eigenvalue weighted by Crippen LogP contribution is 2.37. The lowest BCUT2D eigenvalue weighted by Crippen LogP contribution is -2.64. The van der Waals surface area contributed by atoms with Crippen LogP contribution in [0.1, 0.15) is 28.0 Å². The average Bonchev–Trinajstić information content (AvgIpc) is 3.58. The summed E-state index contributed by atoms with van der Waals surface area (Å²) in [6.07, 6.45) is -1.39. The zero-order valence-corrected chi connectivity index (χ0v) is 19.3. The summed E-state index contributed by atoms with van der Waals surface area (Å²) in [6, 6.07) is 7.82. The fourth-order valence-electron chi connectivity index (χ4n) is 5.28. The minimum atomic E-state index is -1.54. The highest BCUT2D eigenvalue weighted by Gasteiger charge is 2.57. The average molecular weight is 493 g/mol. The van der Waals surface area contributed by atoms with Crippen molar-refractivity contribution >= 4 is 29.6 Å². The predicted molar refractivity (Wildman–Crippen MR) is 122 cm³/mol. The fraction of sp³-hybridized carbons (Fsp3) is 0.375.